The lowest BCUT2D eigenvalue weighted by Crippen LogP contribution is -2.25. The number of aromatic nitrogens is 4. The van der Waals surface area contributed by atoms with E-state index in [4.69, 9.17) is 11.6 Å². The number of aromatic amines is 1. The number of hydrogen-bond donors (Lipinski definition) is 1. The molecule has 0 saturated carbocycles. The molecule has 0 radical (unpaired) electrons. The molecule has 0 bridgehead atoms. The molecule has 1 N–H and O–H groups in total. The van der Waals surface area contributed by atoms with Gasteiger partial charge in [-0.15, -0.1) is 0 Å². The van der Waals surface area contributed by atoms with Crippen LogP contribution in [-0.4, -0.2) is 33.0 Å². The van der Waals surface area contributed by atoms with Gasteiger partial charge in [0.25, 0.3) is 0 Å². The molecule has 17 heavy (non-hydrogen) atoms. The third kappa shape index (κ3) is 2.49. The van der Waals surface area contributed by atoms with Crippen LogP contribution in [-0.2, 0) is 0 Å². The van der Waals surface area contributed by atoms with Gasteiger partial charge < -0.3 is 9.88 Å². The van der Waals surface area contributed by atoms with Crippen molar-refractivity contribution < 1.29 is 0 Å². The largest absolute Gasteiger partial charge is 0.355 e. The quantitative estimate of drug-likeness (QED) is 0.833. The summed E-state index contributed by atoms with van der Waals surface area (Å²) >= 11 is 5.91. The molecule has 5 nitrogen and oxygen atoms in total. The number of unbranched alkanes of at least 4 members (excludes halogenated alkanes) is 1. The third-order valence-corrected chi connectivity index (χ3v) is 2.87. The van der Waals surface area contributed by atoms with Crippen molar-refractivity contribution >= 4 is 28.6 Å². The smallest absolute Gasteiger partial charge is 0.226 e. The summed E-state index contributed by atoms with van der Waals surface area (Å²) in [4.78, 5) is 17.8. The monoisotopic (exact) mass is 253 g/mol. The Kier molecular flexibility index (Phi) is 3.78. The highest BCUT2D eigenvalue weighted by Gasteiger charge is 2.14. The van der Waals surface area contributed by atoms with E-state index < -0.39 is 0 Å². The van der Waals surface area contributed by atoms with E-state index in [1.54, 1.807) is 6.33 Å². The summed E-state index contributed by atoms with van der Waals surface area (Å²) in [5.41, 5.74) is 1.47. The Morgan fingerprint density at radius 1 is 1.35 bits per heavy atom. The van der Waals surface area contributed by atoms with Gasteiger partial charge in [-0.25, -0.2) is 4.98 Å². The summed E-state index contributed by atoms with van der Waals surface area (Å²) in [6, 6.07) is 0. The van der Waals surface area contributed by atoms with Gasteiger partial charge in [0.05, 0.1) is 6.33 Å². The van der Waals surface area contributed by atoms with E-state index in [1.807, 2.05) is 0 Å². The standard InChI is InChI=1S/C11H16ClN5/c1-3-5-6-17(4-2)10-8-9(14-7-13-8)15-11(12)16-10/h7H,3-6H2,1-2H3,(H,13,14,15,16). The lowest BCUT2D eigenvalue weighted by atomic mass is 10.3. The molecule has 0 fully saturated rings. The van der Waals surface area contributed by atoms with Crippen molar-refractivity contribution in [3.05, 3.63) is 11.6 Å². The Morgan fingerprint density at radius 3 is 2.88 bits per heavy atom. The second-order valence-corrected chi connectivity index (χ2v) is 4.19. The Balaban J connectivity index is 2.40. The first kappa shape index (κ1) is 12.1. The van der Waals surface area contributed by atoms with Crippen molar-refractivity contribution in [1.29, 1.82) is 0 Å². The molecule has 6 heteroatoms. The van der Waals surface area contributed by atoms with Gasteiger partial charge >= 0.3 is 0 Å². The van der Waals surface area contributed by atoms with E-state index in [-0.39, 0.29) is 5.28 Å². The van der Waals surface area contributed by atoms with Crippen molar-refractivity contribution in [1.82, 2.24) is 19.9 Å². The predicted molar refractivity (Wildman–Crippen MR) is 69.5 cm³/mol. The first-order valence-electron chi connectivity index (χ1n) is 5.87. The molecule has 2 aromatic heterocycles. The van der Waals surface area contributed by atoms with Crippen molar-refractivity contribution in [2.75, 3.05) is 18.0 Å². The summed E-state index contributed by atoms with van der Waals surface area (Å²) in [5.74, 6) is 0.841. The molecule has 2 rings (SSSR count). The van der Waals surface area contributed by atoms with Crippen molar-refractivity contribution in [3.8, 4) is 0 Å². The molecule has 0 aliphatic rings. The van der Waals surface area contributed by atoms with Crippen LogP contribution in [0.1, 0.15) is 26.7 Å². The molecule has 2 heterocycles. The molecule has 0 amide bonds. The van der Waals surface area contributed by atoms with Gasteiger partial charge in [0, 0.05) is 13.1 Å². The van der Waals surface area contributed by atoms with E-state index >= 15 is 0 Å². The maximum atomic E-state index is 5.91. The van der Waals surface area contributed by atoms with Gasteiger partial charge in [-0.05, 0) is 24.9 Å². The fourth-order valence-electron chi connectivity index (χ4n) is 1.78. The number of rotatable bonds is 5. The molecule has 0 aliphatic heterocycles. The van der Waals surface area contributed by atoms with Gasteiger partial charge in [-0.3, -0.25) is 0 Å². The minimum Gasteiger partial charge on any atom is -0.355 e. The Hall–Kier alpha value is -1.36. The minimum absolute atomic E-state index is 0.245. The van der Waals surface area contributed by atoms with E-state index in [0.29, 0.717) is 5.65 Å². The van der Waals surface area contributed by atoms with Crippen molar-refractivity contribution in [2.45, 2.75) is 26.7 Å². The maximum Gasteiger partial charge on any atom is 0.226 e. The second kappa shape index (κ2) is 5.31. The number of halogens is 1. The zero-order chi connectivity index (χ0) is 12.3. The molecule has 0 spiro atoms. The van der Waals surface area contributed by atoms with Gasteiger partial charge in [-0.1, -0.05) is 13.3 Å². The van der Waals surface area contributed by atoms with Crippen LogP contribution < -0.4 is 4.90 Å². The molecular weight excluding hydrogens is 238 g/mol. The summed E-state index contributed by atoms with van der Waals surface area (Å²) in [7, 11) is 0. The number of hydrogen-bond acceptors (Lipinski definition) is 4. The molecule has 0 saturated heterocycles. The number of imidazole rings is 1. The molecule has 0 atom stereocenters. The number of nitrogens with one attached hydrogen (secondary N) is 1. The molecule has 0 aliphatic carbocycles. The van der Waals surface area contributed by atoms with E-state index in [9.17, 15) is 0 Å². The average molecular weight is 254 g/mol. The zero-order valence-electron chi connectivity index (χ0n) is 10.1. The summed E-state index contributed by atoms with van der Waals surface area (Å²) in [6.07, 6.45) is 3.90. The van der Waals surface area contributed by atoms with Gasteiger partial charge in [0.2, 0.25) is 5.28 Å². The van der Waals surface area contributed by atoms with Crippen LogP contribution in [0.3, 0.4) is 0 Å². The first-order chi connectivity index (χ1) is 8.26. The average Bonchev–Trinajstić information content (AvgIpc) is 2.77. The van der Waals surface area contributed by atoms with Gasteiger partial charge in [0.15, 0.2) is 11.5 Å². The van der Waals surface area contributed by atoms with Crippen molar-refractivity contribution in [3.63, 3.8) is 0 Å². The highest BCUT2D eigenvalue weighted by Crippen LogP contribution is 2.22. The number of fused-ring (bicyclic) bond motifs is 1. The normalized spacial score (nSPS) is 11.0. The first-order valence-corrected chi connectivity index (χ1v) is 6.25. The van der Waals surface area contributed by atoms with Gasteiger partial charge in [0.1, 0.15) is 5.52 Å². The number of H-pyrrole nitrogens is 1. The summed E-state index contributed by atoms with van der Waals surface area (Å²) in [5, 5.41) is 0.245. The Labute approximate surface area is 105 Å². The van der Waals surface area contributed by atoms with E-state index in [1.165, 1.54) is 0 Å². The highest BCUT2D eigenvalue weighted by molar-refractivity contribution is 6.28. The van der Waals surface area contributed by atoms with Crippen LogP contribution in [0.15, 0.2) is 6.33 Å². The topological polar surface area (TPSA) is 57.7 Å². The third-order valence-electron chi connectivity index (χ3n) is 2.70. The zero-order valence-corrected chi connectivity index (χ0v) is 10.8. The summed E-state index contributed by atoms with van der Waals surface area (Å²) < 4.78 is 0. The molecule has 2 aromatic rings. The van der Waals surface area contributed by atoms with E-state index in [0.717, 1.165) is 37.3 Å². The molecule has 0 aromatic carbocycles. The van der Waals surface area contributed by atoms with Crippen LogP contribution in [0, 0.1) is 0 Å². The highest BCUT2D eigenvalue weighted by atomic mass is 35.5. The van der Waals surface area contributed by atoms with Crippen LogP contribution in [0.5, 0.6) is 0 Å². The maximum absolute atomic E-state index is 5.91. The Bertz CT molecular complexity index is 496. The SMILES string of the molecule is CCCCN(CC)c1nc(Cl)nc2nc[nH]c12. The number of nitrogens with zero attached hydrogens (tertiary/aromatic N) is 4. The molecule has 92 valence electrons. The van der Waals surface area contributed by atoms with E-state index in [2.05, 4.69) is 38.7 Å². The van der Waals surface area contributed by atoms with Crippen molar-refractivity contribution in [2.24, 2.45) is 0 Å². The summed E-state index contributed by atoms with van der Waals surface area (Å²) in [6.45, 7) is 6.14. The fraction of sp³-hybridized carbons (Fsp3) is 0.545. The second-order valence-electron chi connectivity index (χ2n) is 3.85. The number of anilines is 1. The lowest BCUT2D eigenvalue weighted by Gasteiger charge is -2.21. The predicted octanol–water partition coefficient (Wildman–Crippen LogP) is 2.63. The van der Waals surface area contributed by atoms with Crippen LogP contribution in [0.4, 0.5) is 5.82 Å². The van der Waals surface area contributed by atoms with Crippen LogP contribution in [0.2, 0.25) is 5.28 Å². The van der Waals surface area contributed by atoms with Gasteiger partial charge in [-0.2, -0.15) is 9.97 Å². The van der Waals surface area contributed by atoms with Crippen LogP contribution >= 0.6 is 11.6 Å². The molecule has 0 unspecified atom stereocenters. The van der Waals surface area contributed by atoms with Crippen LogP contribution in [0.25, 0.3) is 11.2 Å². The Morgan fingerprint density at radius 2 is 2.18 bits per heavy atom. The molecular formula is C11H16ClN5. The fourth-order valence-corrected chi connectivity index (χ4v) is 1.94. The minimum atomic E-state index is 0.245. The lowest BCUT2D eigenvalue weighted by molar-refractivity contribution is 0.725.